The monoisotopic (exact) mass is 443 g/mol. The fourth-order valence-electron chi connectivity index (χ4n) is 3.07. The highest BCUT2D eigenvalue weighted by atomic mass is 19.1. The standard InChI is InChI=1S/C26H22FN3O3/c1-17-11-12-22(18(2)13-17)30-26(32)20(15-28)14-19-7-3-6-10-24(19)33-16-25(31)29-23-9-5-4-8-21(23)27/h3-14H,16H2,1-2H3,(H,29,31)(H,30,32)/b20-14+. The number of carbonyl (C=O) groups is 2. The number of hydrogen-bond acceptors (Lipinski definition) is 4. The average molecular weight is 443 g/mol. The molecule has 33 heavy (non-hydrogen) atoms. The summed E-state index contributed by atoms with van der Waals surface area (Å²) in [5.41, 5.74) is 2.93. The van der Waals surface area contributed by atoms with Crippen LogP contribution >= 0.6 is 0 Å². The number of ether oxygens (including phenoxy) is 1. The molecule has 0 bridgehead atoms. The fourth-order valence-corrected chi connectivity index (χ4v) is 3.07. The SMILES string of the molecule is Cc1ccc(NC(=O)/C(C#N)=C/c2ccccc2OCC(=O)Nc2ccccc2F)c(C)c1. The van der Waals surface area contributed by atoms with Gasteiger partial charge in [-0.05, 0) is 49.8 Å². The summed E-state index contributed by atoms with van der Waals surface area (Å²) in [4.78, 5) is 24.8. The van der Waals surface area contributed by atoms with Crippen LogP contribution in [0.2, 0.25) is 0 Å². The minimum atomic E-state index is -0.559. The second-order valence-electron chi connectivity index (χ2n) is 7.30. The molecule has 3 rings (SSSR count). The number of nitrogens with one attached hydrogen (secondary N) is 2. The Kier molecular flexibility index (Phi) is 7.55. The van der Waals surface area contributed by atoms with Crippen LogP contribution in [0.3, 0.4) is 0 Å². The molecule has 0 aromatic heterocycles. The van der Waals surface area contributed by atoms with Gasteiger partial charge in [0.2, 0.25) is 0 Å². The highest BCUT2D eigenvalue weighted by molar-refractivity contribution is 6.10. The molecular formula is C26H22FN3O3. The van der Waals surface area contributed by atoms with Crippen molar-refractivity contribution in [3.63, 3.8) is 0 Å². The van der Waals surface area contributed by atoms with E-state index in [0.29, 0.717) is 17.0 Å². The molecule has 0 aliphatic rings. The van der Waals surface area contributed by atoms with Gasteiger partial charge in [0.25, 0.3) is 11.8 Å². The second-order valence-corrected chi connectivity index (χ2v) is 7.30. The summed E-state index contributed by atoms with van der Waals surface area (Å²) >= 11 is 0. The number of nitriles is 1. The van der Waals surface area contributed by atoms with E-state index in [1.165, 1.54) is 24.3 Å². The Morgan fingerprint density at radius 2 is 1.73 bits per heavy atom. The van der Waals surface area contributed by atoms with Crippen LogP contribution in [0.25, 0.3) is 6.08 Å². The summed E-state index contributed by atoms with van der Waals surface area (Å²) in [6.45, 7) is 3.44. The number of halogens is 1. The Hall–Kier alpha value is -4.44. The van der Waals surface area contributed by atoms with Crippen molar-refractivity contribution in [1.29, 1.82) is 5.26 Å². The van der Waals surface area contributed by atoms with Crippen LogP contribution < -0.4 is 15.4 Å². The predicted molar refractivity (Wildman–Crippen MR) is 125 cm³/mol. The molecule has 6 nitrogen and oxygen atoms in total. The van der Waals surface area contributed by atoms with E-state index < -0.39 is 17.6 Å². The molecule has 2 amide bonds. The molecule has 0 saturated heterocycles. The van der Waals surface area contributed by atoms with Crippen LogP contribution in [-0.4, -0.2) is 18.4 Å². The number of nitrogens with zero attached hydrogens (tertiary/aromatic N) is 1. The van der Waals surface area contributed by atoms with Gasteiger partial charge in [-0.1, -0.05) is 48.0 Å². The van der Waals surface area contributed by atoms with E-state index in [2.05, 4.69) is 10.6 Å². The average Bonchev–Trinajstić information content (AvgIpc) is 2.80. The third kappa shape index (κ3) is 6.28. The third-order valence-electron chi connectivity index (χ3n) is 4.72. The molecular weight excluding hydrogens is 421 g/mol. The summed E-state index contributed by atoms with van der Waals surface area (Å²) in [7, 11) is 0. The number of carbonyl (C=O) groups excluding carboxylic acids is 2. The Balaban J connectivity index is 1.72. The molecule has 0 fully saturated rings. The maximum absolute atomic E-state index is 13.7. The zero-order valence-corrected chi connectivity index (χ0v) is 18.2. The van der Waals surface area contributed by atoms with Crippen molar-refractivity contribution in [3.8, 4) is 11.8 Å². The molecule has 0 aliphatic heterocycles. The molecule has 2 N–H and O–H groups in total. The van der Waals surface area contributed by atoms with Gasteiger partial charge in [0.1, 0.15) is 23.2 Å². The predicted octanol–water partition coefficient (Wildman–Crippen LogP) is 5.01. The highest BCUT2D eigenvalue weighted by Crippen LogP contribution is 2.23. The minimum absolute atomic E-state index is 0.0501. The van der Waals surface area contributed by atoms with Gasteiger partial charge in [-0.25, -0.2) is 4.39 Å². The third-order valence-corrected chi connectivity index (χ3v) is 4.72. The lowest BCUT2D eigenvalue weighted by Gasteiger charge is -2.11. The summed E-state index contributed by atoms with van der Waals surface area (Å²) in [5, 5.41) is 14.7. The fraction of sp³-hybridized carbons (Fsp3) is 0.115. The molecule has 0 unspecified atom stereocenters. The van der Waals surface area contributed by atoms with E-state index in [0.717, 1.165) is 11.1 Å². The van der Waals surface area contributed by atoms with Crippen LogP contribution in [-0.2, 0) is 9.59 Å². The van der Waals surface area contributed by atoms with Crippen molar-refractivity contribution in [3.05, 3.63) is 94.8 Å². The Bertz CT molecular complexity index is 1260. The topological polar surface area (TPSA) is 91.2 Å². The first-order valence-corrected chi connectivity index (χ1v) is 10.1. The number of rotatable bonds is 7. The van der Waals surface area contributed by atoms with Gasteiger partial charge in [-0.2, -0.15) is 5.26 Å². The van der Waals surface area contributed by atoms with Crippen LogP contribution in [0, 0.1) is 31.0 Å². The molecule has 0 saturated carbocycles. The molecule has 0 aliphatic carbocycles. The molecule has 0 atom stereocenters. The summed E-state index contributed by atoms with van der Waals surface area (Å²) in [6.07, 6.45) is 1.39. The molecule has 0 spiro atoms. The summed E-state index contributed by atoms with van der Waals surface area (Å²) in [5.74, 6) is -1.36. The van der Waals surface area contributed by atoms with Gasteiger partial charge < -0.3 is 15.4 Å². The van der Waals surface area contributed by atoms with Gasteiger partial charge in [0.05, 0.1) is 5.69 Å². The quantitative estimate of drug-likeness (QED) is 0.397. The van der Waals surface area contributed by atoms with Crippen LogP contribution in [0.4, 0.5) is 15.8 Å². The first kappa shape index (κ1) is 23.2. The maximum Gasteiger partial charge on any atom is 0.266 e. The summed E-state index contributed by atoms with van der Waals surface area (Å²) in [6, 6.07) is 20.0. The number of anilines is 2. The second kappa shape index (κ2) is 10.7. The van der Waals surface area contributed by atoms with Crippen LogP contribution in [0.15, 0.2) is 72.3 Å². The van der Waals surface area contributed by atoms with Crippen molar-refractivity contribution in [2.24, 2.45) is 0 Å². The zero-order chi connectivity index (χ0) is 23.8. The van der Waals surface area contributed by atoms with E-state index in [1.807, 2.05) is 32.0 Å². The number of aryl methyl sites for hydroxylation is 2. The molecule has 3 aromatic rings. The number of benzene rings is 3. The largest absolute Gasteiger partial charge is 0.483 e. The van der Waals surface area contributed by atoms with E-state index in [4.69, 9.17) is 4.74 Å². The van der Waals surface area contributed by atoms with Crippen LogP contribution in [0.5, 0.6) is 5.75 Å². The Labute approximate surface area is 191 Å². The molecule has 0 heterocycles. The van der Waals surface area contributed by atoms with E-state index in [9.17, 15) is 19.2 Å². The highest BCUT2D eigenvalue weighted by Gasteiger charge is 2.13. The number of para-hydroxylation sites is 2. The van der Waals surface area contributed by atoms with Crippen molar-refractivity contribution in [1.82, 2.24) is 0 Å². The first-order chi connectivity index (χ1) is 15.9. The lowest BCUT2D eigenvalue weighted by Crippen LogP contribution is -2.21. The van der Waals surface area contributed by atoms with Gasteiger partial charge in [0, 0.05) is 11.3 Å². The maximum atomic E-state index is 13.7. The summed E-state index contributed by atoms with van der Waals surface area (Å²) < 4.78 is 19.3. The molecule has 166 valence electrons. The van der Waals surface area contributed by atoms with Crippen LogP contribution in [0.1, 0.15) is 16.7 Å². The van der Waals surface area contributed by atoms with E-state index >= 15 is 0 Å². The van der Waals surface area contributed by atoms with Gasteiger partial charge in [-0.3, -0.25) is 9.59 Å². The lowest BCUT2D eigenvalue weighted by atomic mass is 10.1. The number of amides is 2. The first-order valence-electron chi connectivity index (χ1n) is 10.1. The molecule has 3 aromatic carbocycles. The number of hydrogen-bond donors (Lipinski definition) is 2. The van der Waals surface area contributed by atoms with Crippen molar-refractivity contribution >= 4 is 29.3 Å². The van der Waals surface area contributed by atoms with E-state index in [1.54, 1.807) is 36.4 Å². The Morgan fingerprint density at radius 1 is 1.00 bits per heavy atom. The van der Waals surface area contributed by atoms with Crippen molar-refractivity contribution < 1.29 is 18.7 Å². The lowest BCUT2D eigenvalue weighted by molar-refractivity contribution is -0.118. The van der Waals surface area contributed by atoms with Gasteiger partial charge in [-0.15, -0.1) is 0 Å². The minimum Gasteiger partial charge on any atom is -0.483 e. The molecule has 7 heteroatoms. The Morgan fingerprint density at radius 3 is 2.45 bits per heavy atom. The van der Waals surface area contributed by atoms with Gasteiger partial charge >= 0.3 is 0 Å². The van der Waals surface area contributed by atoms with Gasteiger partial charge in [0.15, 0.2) is 6.61 Å². The molecule has 0 radical (unpaired) electrons. The zero-order valence-electron chi connectivity index (χ0n) is 18.2. The van der Waals surface area contributed by atoms with Crippen molar-refractivity contribution in [2.45, 2.75) is 13.8 Å². The normalized spacial score (nSPS) is 10.8. The van der Waals surface area contributed by atoms with E-state index in [-0.39, 0.29) is 17.9 Å². The van der Waals surface area contributed by atoms with Crippen molar-refractivity contribution in [2.75, 3.05) is 17.2 Å². The smallest absolute Gasteiger partial charge is 0.266 e.